The Bertz CT molecular complexity index is 809. The number of phenols is 1. The lowest BCUT2D eigenvalue weighted by Gasteiger charge is -2.11. The van der Waals surface area contributed by atoms with Crippen molar-refractivity contribution in [2.75, 3.05) is 4.72 Å². The molecule has 8 heteroatoms. The molecule has 0 unspecified atom stereocenters. The van der Waals surface area contributed by atoms with E-state index in [0.717, 1.165) is 12.1 Å². The van der Waals surface area contributed by atoms with Crippen LogP contribution in [0.15, 0.2) is 35.2 Å². The molecule has 0 amide bonds. The Morgan fingerprint density at radius 1 is 1.19 bits per heavy atom. The molecule has 0 heterocycles. The minimum Gasteiger partial charge on any atom is -0.508 e. The minimum absolute atomic E-state index is 0.0357. The molecule has 0 aliphatic heterocycles. The molecule has 0 atom stereocenters. The fraction of sp³-hybridized carbons (Fsp3) is 0.0769. The van der Waals surface area contributed by atoms with E-state index in [1.54, 1.807) is 6.92 Å². The lowest BCUT2D eigenvalue weighted by Crippen LogP contribution is -2.14. The van der Waals surface area contributed by atoms with E-state index >= 15 is 0 Å². The second-order valence-corrected chi connectivity index (χ2v) is 6.72. The van der Waals surface area contributed by atoms with Gasteiger partial charge in [-0.05, 0) is 42.8 Å². The molecule has 0 aliphatic rings. The van der Waals surface area contributed by atoms with Gasteiger partial charge >= 0.3 is 0 Å². The molecule has 0 fully saturated rings. The maximum absolute atomic E-state index is 13.6. The van der Waals surface area contributed by atoms with Gasteiger partial charge in [-0.1, -0.05) is 23.2 Å². The van der Waals surface area contributed by atoms with Crippen LogP contribution in [-0.4, -0.2) is 13.5 Å². The fourth-order valence-corrected chi connectivity index (χ4v) is 3.44. The standard InChI is InChI=1S/C13H10Cl2FNO3S/c1-7-6-8(2-4-10(7)18)17-21(19,20)11-5-3-9(14)13(16)12(11)15/h2-6,17-18H,1H3. The molecule has 2 rings (SSSR count). The van der Waals surface area contributed by atoms with Crippen LogP contribution in [0.3, 0.4) is 0 Å². The Kier molecular flexibility index (Phi) is 4.32. The molecule has 2 N–H and O–H groups in total. The van der Waals surface area contributed by atoms with Crippen LogP contribution in [0.5, 0.6) is 5.75 Å². The second-order valence-electron chi connectivity index (χ2n) is 4.28. The molecule has 21 heavy (non-hydrogen) atoms. The lowest BCUT2D eigenvalue weighted by atomic mass is 10.2. The van der Waals surface area contributed by atoms with E-state index in [-0.39, 0.29) is 16.5 Å². The number of anilines is 1. The second kappa shape index (κ2) is 5.71. The van der Waals surface area contributed by atoms with Crippen LogP contribution in [0.1, 0.15) is 5.56 Å². The van der Waals surface area contributed by atoms with Crippen molar-refractivity contribution < 1.29 is 17.9 Å². The van der Waals surface area contributed by atoms with E-state index in [4.69, 9.17) is 23.2 Å². The third-order valence-electron chi connectivity index (χ3n) is 2.74. The van der Waals surface area contributed by atoms with Gasteiger partial charge in [-0.25, -0.2) is 12.8 Å². The average Bonchev–Trinajstić information content (AvgIpc) is 2.39. The van der Waals surface area contributed by atoms with Gasteiger partial charge in [0.1, 0.15) is 10.6 Å². The molecule has 2 aromatic carbocycles. The molecule has 2 aromatic rings. The van der Waals surface area contributed by atoms with Gasteiger partial charge in [-0.2, -0.15) is 0 Å². The van der Waals surface area contributed by atoms with Gasteiger partial charge in [0.15, 0.2) is 5.82 Å². The van der Waals surface area contributed by atoms with E-state index in [1.807, 2.05) is 0 Å². The normalized spacial score (nSPS) is 11.4. The van der Waals surface area contributed by atoms with Crippen molar-refractivity contribution in [3.05, 3.63) is 51.8 Å². The summed E-state index contributed by atoms with van der Waals surface area (Å²) < 4.78 is 40.3. The third kappa shape index (κ3) is 3.23. The number of hydrogen-bond donors (Lipinski definition) is 2. The van der Waals surface area contributed by atoms with Gasteiger partial charge in [-0.3, -0.25) is 4.72 Å². The van der Waals surface area contributed by atoms with Crippen molar-refractivity contribution in [3.8, 4) is 5.75 Å². The van der Waals surface area contributed by atoms with Gasteiger partial charge in [0.25, 0.3) is 10.0 Å². The predicted octanol–water partition coefficient (Wildman–Crippen LogP) is 3.95. The highest BCUT2D eigenvalue weighted by molar-refractivity contribution is 7.92. The first-order valence-electron chi connectivity index (χ1n) is 5.68. The zero-order chi connectivity index (χ0) is 15.8. The van der Waals surface area contributed by atoms with Crippen molar-refractivity contribution in [2.45, 2.75) is 11.8 Å². The summed E-state index contributed by atoms with van der Waals surface area (Å²) in [4.78, 5) is -0.420. The summed E-state index contributed by atoms with van der Waals surface area (Å²) >= 11 is 11.2. The van der Waals surface area contributed by atoms with E-state index in [2.05, 4.69) is 4.72 Å². The maximum atomic E-state index is 13.6. The highest BCUT2D eigenvalue weighted by Crippen LogP contribution is 2.31. The maximum Gasteiger partial charge on any atom is 0.263 e. The number of benzene rings is 2. The fourth-order valence-electron chi connectivity index (χ4n) is 1.64. The first-order valence-corrected chi connectivity index (χ1v) is 7.92. The number of halogens is 3. The summed E-state index contributed by atoms with van der Waals surface area (Å²) in [6.07, 6.45) is 0. The first-order chi connectivity index (χ1) is 9.72. The first kappa shape index (κ1) is 15.9. The molecular formula is C13H10Cl2FNO3S. The zero-order valence-electron chi connectivity index (χ0n) is 10.7. The van der Waals surface area contributed by atoms with Crippen molar-refractivity contribution in [1.29, 1.82) is 0 Å². The monoisotopic (exact) mass is 349 g/mol. The molecule has 0 radical (unpaired) electrons. The molecule has 0 aliphatic carbocycles. The molecule has 112 valence electrons. The van der Waals surface area contributed by atoms with Crippen LogP contribution in [-0.2, 0) is 10.0 Å². The van der Waals surface area contributed by atoms with Crippen LogP contribution in [0.25, 0.3) is 0 Å². The molecule has 0 spiro atoms. The van der Waals surface area contributed by atoms with Gasteiger partial charge in [0, 0.05) is 5.69 Å². The molecule has 0 saturated carbocycles. The number of phenolic OH excluding ortho intramolecular Hbond substituents is 1. The molecular weight excluding hydrogens is 340 g/mol. The van der Waals surface area contributed by atoms with Crippen LogP contribution in [0, 0.1) is 12.7 Å². The Morgan fingerprint density at radius 2 is 1.86 bits per heavy atom. The molecule has 0 bridgehead atoms. The van der Waals surface area contributed by atoms with Gasteiger partial charge in [0.2, 0.25) is 0 Å². The summed E-state index contributed by atoms with van der Waals surface area (Å²) in [5.74, 6) is -0.961. The van der Waals surface area contributed by atoms with Crippen LogP contribution in [0.4, 0.5) is 10.1 Å². The van der Waals surface area contributed by atoms with Crippen molar-refractivity contribution in [3.63, 3.8) is 0 Å². The summed E-state index contributed by atoms with van der Waals surface area (Å²) in [5.41, 5.74) is 0.709. The SMILES string of the molecule is Cc1cc(NS(=O)(=O)c2ccc(Cl)c(F)c2Cl)ccc1O. The predicted molar refractivity (Wildman–Crippen MR) is 80.1 cm³/mol. The molecule has 0 saturated heterocycles. The van der Waals surface area contributed by atoms with Gasteiger partial charge in [0.05, 0.1) is 10.0 Å². The number of rotatable bonds is 3. The highest BCUT2D eigenvalue weighted by Gasteiger charge is 2.22. The Hall–Kier alpha value is -1.50. The average molecular weight is 350 g/mol. The van der Waals surface area contributed by atoms with E-state index < -0.39 is 25.8 Å². The van der Waals surface area contributed by atoms with Crippen LogP contribution < -0.4 is 4.72 Å². The van der Waals surface area contributed by atoms with Gasteiger partial charge < -0.3 is 5.11 Å². The van der Waals surface area contributed by atoms with E-state index in [0.29, 0.717) is 5.56 Å². The lowest BCUT2D eigenvalue weighted by molar-refractivity contribution is 0.471. The number of sulfonamides is 1. The molecule has 4 nitrogen and oxygen atoms in total. The Labute approximate surface area is 131 Å². The summed E-state index contributed by atoms with van der Waals surface area (Å²) in [6.45, 7) is 1.61. The molecule has 0 aromatic heterocycles. The number of hydrogen-bond acceptors (Lipinski definition) is 3. The van der Waals surface area contributed by atoms with Crippen molar-refractivity contribution in [1.82, 2.24) is 0 Å². The van der Waals surface area contributed by atoms with Gasteiger partial charge in [-0.15, -0.1) is 0 Å². The highest BCUT2D eigenvalue weighted by atomic mass is 35.5. The van der Waals surface area contributed by atoms with E-state index in [1.165, 1.54) is 18.2 Å². The van der Waals surface area contributed by atoms with Crippen molar-refractivity contribution >= 4 is 38.9 Å². The quantitative estimate of drug-likeness (QED) is 0.651. The minimum atomic E-state index is -4.08. The number of nitrogens with one attached hydrogen (secondary N) is 1. The number of aromatic hydroxyl groups is 1. The third-order valence-corrected chi connectivity index (χ3v) is 4.94. The van der Waals surface area contributed by atoms with Crippen molar-refractivity contribution in [2.24, 2.45) is 0 Å². The van der Waals surface area contributed by atoms with E-state index in [9.17, 15) is 17.9 Å². The summed E-state index contributed by atoms with van der Waals surface area (Å²) in [5, 5.41) is 8.56. The smallest absolute Gasteiger partial charge is 0.263 e. The summed E-state index contributed by atoms with van der Waals surface area (Å²) in [7, 11) is -4.08. The number of aryl methyl sites for hydroxylation is 1. The van der Waals surface area contributed by atoms with Crippen LogP contribution in [0.2, 0.25) is 10.0 Å². The summed E-state index contributed by atoms with van der Waals surface area (Å²) in [6, 6.07) is 6.38. The Balaban J connectivity index is 2.43. The zero-order valence-corrected chi connectivity index (χ0v) is 13.0. The topological polar surface area (TPSA) is 66.4 Å². The Morgan fingerprint density at radius 3 is 2.48 bits per heavy atom. The van der Waals surface area contributed by atoms with Crippen LogP contribution >= 0.6 is 23.2 Å². The largest absolute Gasteiger partial charge is 0.508 e.